The van der Waals surface area contributed by atoms with Gasteiger partial charge in [-0.25, -0.2) is 0 Å². The summed E-state index contributed by atoms with van der Waals surface area (Å²) in [5, 5.41) is 53.3. The van der Waals surface area contributed by atoms with E-state index in [0.29, 0.717) is 6.42 Å². The van der Waals surface area contributed by atoms with Crippen LogP contribution >= 0.6 is 0 Å². The lowest BCUT2D eigenvalue weighted by Crippen LogP contribution is -2.60. The van der Waals surface area contributed by atoms with E-state index in [1.54, 1.807) is 6.08 Å². The van der Waals surface area contributed by atoms with E-state index in [0.717, 1.165) is 89.9 Å². The Kier molecular flexibility index (Phi) is 25.5. The molecule has 46 heavy (non-hydrogen) atoms. The predicted octanol–water partition coefficient (Wildman–Crippen LogP) is 5.32. The van der Waals surface area contributed by atoms with Crippen LogP contribution in [0.2, 0.25) is 0 Å². The molecule has 0 bridgehead atoms. The lowest BCUT2D eigenvalue weighted by Gasteiger charge is -2.40. The number of carbonyl (C=O) groups is 1. The van der Waals surface area contributed by atoms with Gasteiger partial charge >= 0.3 is 0 Å². The van der Waals surface area contributed by atoms with Crippen molar-refractivity contribution in [3.63, 3.8) is 0 Å². The van der Waals surface area contributed by atoms with Crippen LogP contribution in [0.4, 0.5) is 0 Å². The first-order chi connectivity index (χ1) is 22.3. The van der Waals surface area contributed by atoms with Gasteiger partial charge in [-0.1, -0.05) is 113 Å². The third-order valence-corrected chi connectivity index (χ3v) is 7.85. The molecule has 0 radical (unpaired) electrons. The highest BCUT2D eigenvalue weighted by Gasteiger charge is 2.44. The third-order valence-electron chi connectivity index (χ3n) is 7.85. The molecule has 0 aliphatic carbocycles. The first-order valence-corrected chi connectivity index (χ1v) is 17.5. The maximum Gasteiger partial charge on any atom is 0.220 e. The van der Waals surface area contributed by atoms with Crippen LogP contribution in [0.3, 0.4) is 0 Å². The number of unbranched alkanes of at least 4 members (excludes halogenated alkanes) is 8. The van der Waals surface area contributed by atoms with Crippen LogP contribution in [0, 0.1) is 0 Å². The molecule has 1 amide bonds. The second kappa shape index (κ2) is 28.0. The molecule has 264 valence electrons. The smallest absolute Gasteiger partial charge is 0.220 e. The van der Waals surface area contributed by atoms with Gasteiger partial charge in [-0.05, 0) is 51.4 Å². The number of allylic oxidation sites excluding steroid dienone is 9. The second-order valence-electron chi connectivity index (χ2n) is 11.9. The Bertz CT molecular complexity index is 900. The van der Waals surface area contributed by atoms with Crippen molar-refractivity contribution in [3.05, 3.63) is 60.8 Å². The molecule has 9 heteroatoms. The Labute approximate surface area is 277 Å². The number of rotatable bonds is 26. The highest BCUT2D eigenvalue weighted by atomic mass is 16.7. The van der Waals surface area contributed by atoms with Gasteiger partial charge in [0.05, 0.1) is 25.4 Å². The van der Waals surface area contributed by atoms with E-state index < -0.39 is 49.5 Å². The molecule has 1 aliphatic heterocycles. The fourth-order valence-electron chi connectivity index (χ4n) is 4.95. The third kappa shape index (κ3) is 19.5. The summed E-state index contributed by atoms with van der Waals surface area (Å²) < 4.78 is 11.0. The van der Waals surface area contributed by atoms with Crippen molar-refractivity contribution >= 4 is 5.91 Å². The van der Waals surface area contributed by atoms with Crippen LogP contribution in [-0.2, 0) is 14.3 Å². The van der Waals surface area contributed by atoms with Crippen molar-refractivity contribution in [2.45, 2.75) is 153 Å². The zero-order valence-corrected chi connectivity index (χ0v) is 28.3. The van der Waals surface area contributed by atoms with Gasteiger partial charge in [0.2, 0.25) is 5.91 Å². The Morgan fingerprint density at radius 2 is 1.35 bits per heavy atom. The van der Waals surface area contributed by atoms with Gasteiger partial charge in [-0.15, -0.1) is 0 Å². The molecule has 0 aromatic heterocycles. The van der Waals surface area contributed by atoms with Gasteiger partial charge < -0.3 is 40.3 Å². The van der Waals surface area contributed by atoms with E-state index >= 15 is 0 Å². The summed E-state index contributed by atoms with van der Waals surface area (Å²) in [5.74, 6) is -0.206. The van der Waals surface area contributed by atoms with Crippen LogP contribution in [0.15, 0.2) is 60.8 Å². The molecule has 1 rings (SSSR count). The Morgan fingerprint density at radius 3 is 1.98 bits per heavy atom. The summed E-state index contributed by atoms with van der Waals surface area (Å²) in [6.07, 6.45) is 27.5. The molecule has 0 spiro atoms. The molecular weight excluding hydrogens is 586 g/mol. The van der Waals surface area contributed by atoms with Crippen molar-refractivity contribution in [2.24, 2.45) is 0 Å². The maximum atomic E-state index is 12.7. The summed E-state index contributed by atoms with van der Waals surface area (Å²) >= 11 is 0. The van der Waals surface area contributed by atoms with Crippen molar-refractivity contribution in [2.75, 3.05) is 13.2 Å². The minimum absolute atomic E-state index is 0.201. The molecule has 0 aromatic rings. The highest BCUT2D eigenvalue weighted by molar-refractivity contribution is 5.76. The van der Waals surface area contributed by atoms with E-state index in [9.17, 15) is 30.3 Å². The average molecular weight is 650 g/mol. The zero-order valence-electron chi connectivity index (χ0n) is 28.3. The van der Waals surface area contributed by atoms with Crippen molar-refractivity contribution in [3.8, 4) is 0 Å². The van der Waals surface area contributed by atoms with Crippen LogP contribution < -0.4 is 5.32 Å². The SMILES string of the molecule is CC/C=C\C/C=C\C/C=C\C/C=C\CCCCCCCCC(=O)NC(COC1OC(CO)C(O)C(O)C1O)C(O)/C=C/CCCC. The fraction of sp³-hybridized carbons (Fsp3) is 0.703. The lowest BCUT2D eigenvalue weighted by atomic mass is 9.99. The Morgan fingerprint density at radius 1 is 0.761 bits per heavy atom. The standard InChI is InChI=1S/C37H63NO8/c1-3-5-7-9-10-11-12-13-14-15-16-17-18-19-20-21-22-23-25-27-33(41)38-30(31(40)26-24-8-6-4-2)29-45-37-36(44)35(43)34(42)32(28-39)46-37/h5,7,10-11,13-14,16-17,24,26,30-32,34-37,39-40,42-44H,3-4,6,8-9,12,15,18-23,25,27-29H2,1-2H3,(H,38,41)/b7-5-,11-10-,14-13-,17-16-,26-24+. The van der Waals surface area contributed by atoms with Crippen molar-refractivity contribution in [1.29, 1.82) is 0 Å². The number of carbonyl (C=O) groups excluding carboxylic acids is 1. The Balaban J connectivity index is 2.31. The first kappa shape index (κ1) is 41.9. The molecule has 9 nitrogen and oxygen atoms in total. The van der Waals surface area contributed by atoms with Crippen LogP contribution in [0.1, 0.15) is 110 Å². The number of nitrogens with one attached hydrogen (secondary N) is 1. The molecule has 1 fully saturated rings. The minimum atomic E-state index is -1.57. The molecule has 6 N–H and O–H groups in total. The van der Waals surface area contributed by atoms with Crippen LogP contribution in [0.25, 0.3) is 0 Å². The van der Waals surface area contributed by atoms with E-state index in [1.807, 2.05) is 6.08 Å². The van der Waals surface area contributed by atoms with Gasteiger partial charge in [-0.2, -0.15) is 0 Å². The van der Waals surface area contributed by atoms with Crippen LogP contribution in [0.5, 0.6) is 0 Å². The normalized spacial score (nSPS) is 23.8. The molecular formula is C37H63NO8. The first-order valence-electron chi connectivity index (χ1n) is 17.5. The highest BCUT2D eigenvalue weighted by Crippen LogP contribution is 2.22. The minimum Gasteiger partial charge on any atom is -0.394 e. The van der Waals surface area contributed by atoms with Gasteiger partial charge in [0.15, 0.2) is 6.29 Å². The molecule has 1 heterocycles. The quantitative estimate of drug-likeness (QED) is 0.0545. The number of hydrogen-bond acceptors (Lipinski definition) is 8. The van der Waals surface area contributed by atoms with E-state index in [-0.39, 0.29) is 12.5 Å². The molecule has 0 saturated carbocycles. The molecule has 0 aromatic carbocycles. The number of hydrogen-bond donors (Lipinski definition) is 6. The van der Waals surface area contributed by atoms with Crippen LogP contribution in [-0.4, -0.2) is 87.5 Å². The number of aliphatic hydroxyl groups is 5. The predicted molar refractivity (Wildman–Crippen MR) is 184 cm³/mol. The van der Waals surface area contributed by atoms with E-state index in [4.69, 9.17) is 9.47 Å². The largest absolute Gasteiger partial charge is 0.394 e. The summed E-state index contributed by atoms with van der Waals surface area (Å²) in [6.45, 7) is 3.45. The fourth-order valence-corrected chi connectivity index (χ4v) is 4.95. The maximum absolute atomic E-state index is 12.7. The van der Waals surface area contributed by atoms with E-state index in [1.165, 1.54) is 0 Å². The monoisotopic (exact) mass is 649 g/mol. The molecule has 1 aliphatic rings. The van der Waals surface area contributed by atoms with Gasteiger partial charge in [0.25, 0.3) is 0 Å². The van der Waals surface area contributed by atoms with Gasteiger partial charge in [-0.3, -0.25) is 4.79 Å². The van der Waals surface area contributed by atoms with Gasteiger partial charge in [0.1, 0.15) is 24.4 Å². The summed E-state index contributed by atoms with van der Waals surface area (Å²) in [4.78, 5) is 12.7. The number of aliphatic hydroxyl groups excluding tert-OH is 5. The second-order valence-corrected chi connectivity index (χ2v) is 11.9. The number of ether oxygens (including phenoxy) is 2. The Hall–Kier alpha value is -2.11. The summed E-state index contributed by atoms with van der Waals surface area (Å²) in [6, 6.07) is -0.809. The van der Waals surface area contributed by atoms with Crippen molar-refractivity contribution in [1.82, 2.24) is 5.32 Å². The van der Waals surface area contributed by atoms with E-state index in [2.05, 4.69) is 67.8 Å². The molecule has 7 unspecified atom stereocenters. The summed E-state index contributed by atoms with van der Waals surface area (Å²) in [7, 11) is 0. The number of amides is 1. The summed E-state index contributed by atoms with van der Waals surface area (Å²) in [5.41, 5.74) is 0. The van der Waals surface area contributed by atoms with Gasteiger partial charge in [0, 0.05) is 6.42 Å². The topological polar surface area (TPSA) is 149 Å². The van der Waals surface area contributed by atoms with Crippen molar-refractivity contribution < 1.29 is 39.8 Å². The molecule has 1 saturated heterocycles. The molecule has 7 atom stereocenters. The average Bonchev–Trinajstić information content (AvgIpc) is 3.05. The zero-order chi connectivity index (χ0) is 33.8. The lowest BCUT2D eigenvalue weighted by molar-refractivity contribution is -0.302.